The summed E-state index contributed by atoms with van der Waals surface area (Å²) in [4.78, 5) is 16.4. The predicted molar refractivity (Wildman–Crippen MR) is 101 cm³/mol. The van der Waals surface area contributed by atoms with Crippen molar-refractivity contribution in [1.82, 2.24) is 4.98 Å². The quantitative estimate of drug-likeness (QED) is 0.674. The van der Waals surface area contributed by atoms with Crippen LogP contribution in [0.15, 0.2) is 30.6 Å². The molecule has 138 valence electrons. The molecule has 26 heavy (non-hydrogen) atoms. The maximum absolute atomic E-state index is 13.9. The van der Waals surface area contributed by atoms with Crippen LogP contribution in [0.1, 0.15) is 54.7 Å². The molecule has 2 aromatic rings. The van der Waals surface area contributed by atoms with E-state index in [9.17, 15) is 9.18 Å². The van der Waals surface area contributed by atoms with E-state index in [-0.39, 0.29) is 21.8 Å². The molecule has 0 unspecified atom stereocenters. The van der Waals surface area contributed by atoms with Crippen molar-refractivity contribution in [3.63, 3.8) is 0 Å². The van der Waals surface area contributed by atoms with Gasteiger partial charge in [-0.25, -0.2) is 4.39 Å². The average Bonchev–Trinajstić information content (AvgIpc) is 3.11. The minimum atomic E-state index is -1.19. The van der Waals surface area contributed by atoms with Crippen molar-refractivity contribution >= 4 is 34.8 Å². The number of rotatable bonds is 5. The maximum Gasteiger partial charge on any atom is 0.255 e. The highest BCUT2D eigenvalue weighted by Crippen LogP contribution is 2.33. The number of halogens is 3. The third kappa shape index (κ3) is 4.27. The summed E-state index contributed by atoms with van der Waals surface area (Å²) in [5, 5.41) is 3.15. The van der Waals surface area contributed by atoms with Crippen LogP contribution in [0, 0.1) is 0 Å². The molecule has 1 fully saturated rings. The smallest absolute Gasteiger partial charge is 0.255 e. The highest BCUT2D eigenvalue weighted by atomic mass is 35.5. The van der Waals surface area contributed by atoms with E-state index in [1.807, 2.05) is 0 Å². The molecule has 3 rings (SSSR count). The van der Waals surface area contributed by atoms with Gasteiger partial charge in [-0.1, -0.05) is 29.3 Å². The van der Waals surface area contributed by atoms with Crippen molar-refractivity contribution in [3.8, 4) is 5.75 Å². The van der Waals surface area contributed by atoms with Crippen molar-refractivity contribution in [2.24, 2.45) is 0 Å². The molecule has 4 nitrogen and oxygen atoms in total. The van der Waals surface area contributed by atoms with E-state index in [0.717, 1.165) is 25.7 Å². The van der Waals surface area contributed by atoms with Crippen LogP contribution in [0.5, 0.6) is 5.75 Å². The van der Waals surface area contributed by atoms with Crippen LogP contribution in [-0.4, -0.2) is 17.0 Å². The fourth-order valence-electron chi connectivity index (χ4n) is 3.01. The van der Waals surface area contributed by atoms with Gasteiger partial charge in [0.1, 0.15) is 11.9 Å². The largest absolute Gasteiger partial charge is 0.490 e. The summed E-state index contributed by atoms with van der Waals surface area (Å²) >= 11 is 12.1. The summed E-state index contributed by atoms with van der Waals surface area (Å²) < 4.78 is 19.9. The standard InChI is InChI=1S/C19H19Cl2FN2O2/c1-11(22)14-7-6-12(8-17(14)26-13-4-2-3-5-13)19(25)24-18-15(20)9-23-10-16(18)21/h6-11,13H,2-5H2,1H3,(H,23,24,25)/t11-/m1/s1. The molecule has 1 atom stereocenters. The first-order valence-corrected chi connectivity index (χ1v) is 9.26. The van der Waals surface area contributed by atoms with Gasteiger partial charge in [-0.15, -0.1) is 0 Å². The first-order chi connectivity index (χ1) is 12.5. The number of nitrogens with zero attached hydrogens (tertiary/aromatic N) is 1. The Labute approximate surface area is 161 Å². The van der Waals surface area contributed by atoms with Gasteiger partial charge in [-0.05, 0) is 44.7 Å². The molecule has 0 saturated heterocycles. The van der Waals surface area contributed by atoms with Crippen molar-refractivity contribution in [3.05, 3.63) is 51.8 Å². The number of alkyl halides is 1. The molecule has 7 heteroatoms. The van der Waals surface area contributed by atoms with E-state index in [0.29, 0.717) is 16.9 Å². The number of aromatic nitrogens is 1. The number of pyridine rings is 1. The Morgan fingerprint density at radius 2 is 1.92 bits per heavy atom. The summed E-state index contributed by atoms with van der Waals surface area (Å²) in [5.41, 5.74) is 1.06. The molecule has 1 N–H and O–H groups in total. The summed E-state index contributed by atoms with van der Waals surface area (Å²) in [6.45, 7) is 1.45. The lowest BCUT2D eigenvalue weighted by Crippen LogP contribution is -2.16. The second kappa shape index (κ2) is 8.23. The molecular formula is C19H19Cl2FN2O2. The highest BCUT2D eigenvalue weighted by Gasteiger charge is 2.21. The molecule has 1 aliphatic rings. The Bertz CT molecular complexity index is 788. The van der Waals surface area contributed by atoms with Gasteiger partial charge in [0, 0.05) is 23.5 Å². The Balaban J connectivity index is 1.86. The van der Waals surface area contributed by atoms with Gasteiger partial charge in [0.15, 0.2) is 0 Å². The number of hydrogen-bond donors (Lipinski definition) is 1. The Hall–Kier alpha value is -1.85. The van der Waals surface area contributed by atoms with Gasteiger partial charge in [-0.3, -0.25) is 9.78 Å². The van der Waals surface area contributed by atoms with E-state index < -0.39 is 12.1 Å². The van der Waals surface area contributed by atoms with Crippen LogP contribution >= 0.6 is 23.2 Å². The minimum absolute atomic E-state index is 0.0647. The van der Waals surface area contributed by atoms with Crippen LogP contribution in [0.3, 0.4) is 0 Å². The van der Waals surface area contributed by atoms with Gasteiger partial charge in [0.2, 0.25) is 0 Å². The summed E-state index contributed by atoms with van der Waals surface area (Å²) in [7, 11) is 0. The summed E-state index contributed by atoms with van der Waals surface area (Å²) in [6.07, 6.45) is 5.76. The normalized spacial score (nSPS) is 15.7. The molecule has 0 radical (unpaired) electrons. The van der Waals surface area contributed by atoms with Gasteiger partial charge in [0.25, 0.3) is 5.91 Å². The lowest BCUT2D eigenvalue weighted by atomic mass is 10.1. The predicted octanol–water partition coefficient (Wildman–Crippen LogP) is 5.99. The summed E-state index contributed by atoms with van der Waals surface area (Å²) in [6, 6.07) is 4.72. The fraction of sp³-hybridized carbons (Fsp3) is 0.368. The Kier molecular flexibility index (Phi) is 5.99. The maximum atomic E-state index is 13.9. The molecule has 1 amide bonds. The number of amides is 1. The highest BCUT2D eigenvalue weighted by molar-refractivity contribution is 6.39. The minimum Gasteiger partial charge on any atom is -0.490 e. The van der Waals surface area contributed by atoms with E-state index in [4.69, 9.17) is 27.9 Å². The first kappa shape index (κ1) is 18.9. The van der Waals surface area contributed by atoms with Crippen LogP contribution in [0.2, 0.25) is 10.0 Å². The van der Waals surface area contributed by atoms with E-state index in [1.165, 1.54) is 19.3 Å². The number of hydrogen-bond acceptors (Lipinski definition) is 3. The third-order valence-electron chi connectivity index (χ3n) is 4.39. The van der Waals surface area contributed by atoms with Gasteiger partial charge >= 0.3 is 0 Å². The van der Waals surface area contributed by atoms with Crippen LogP contribution in [-0.2, 0) is 0 Å². The molecule has 1 heterocycles. The number of carbonyl (C=O) groups excluding carboxylic acids is 1. The molecule has 0 bridgehead atoms. The molecule has 1 aromatic heterocycles. The second-order valence-corrected chi connectivity index (χ2v) is 7.14. The third-order valence-corrected chi connectivity index (χ3v) is 4.97. The molecule has 0 spiro atoms. The van der Waals surface area contributed by atoms with Crippen molar-refractivity contribution in [2.75, 3.05) is 5.32 Å². The molecule has 0 aliphatic heterocycles. The van der Waals surface area contributed by atoms with Crippen molar-refractivity contribution < 1.29 is 13.9 Å². The van der Waals surface area contributed by atoms with Crippen molar-refractivity contribution in [2.45, 2.75) is 44.9 Å². The lowest BCUT2D eigenvalue weighted by molar-refractivity contribution is 0.102. The Morgan fingerprint density at radius 3 is 2.54 bits per heavy atom. The van der Waals surface area contributed by atoms with E-state index in [1.54, 1.807) is 18.2 Å². The number of ether oxygens (including phenoxy) is 1. The number of benzene rings is 1. The first-order valence-electron chi connectivity index (χ1n) is 8.50. The zero-order valence-corrected chi connectivity index (χ0v) is 15.8. The topological polar surface area (TPSA) is 51.2 Å². The Morgan fingerprint density at radius 1 is 1.27 bits per heavy atom. The molecule has 1 aromatic carbocycles. The van der Waals surface area contributed by atoms with Crippen molar-refractivity contribution in [1.29, 1.82) is 0 Å². The van der Waals surface area contributed by atoms with E-state index >= 15 is 0 Å². The van der Waals surface area contributed by atoms with E-state index in [2.05, 4.69) is 10.3 Å². The van der Waals surface area contributed by atoms with Crippen LogP contribution < -0.4 is 10.1 Å². The number of anilines is 1. The summed E-state index contributed by atoms with van der Waals surface area (Å²) in [5.74, 6) is 0.000746. The lowest BCUT2D eigenvalue weighted by Gasteiger charge is -2.18. The van der Waals surface area contributed by atoms with Crippen LogP contribution in [0.25, 0.3) is 0 Å². The fourth-order valence-corrected chi connectivity index (χ4v) is 3.47. The van der Waals surface area contributed by atoms with Crippen LogP contribution in [0.4, 0.5) is 10.1 Å². The molecule has 1 aliphatic carbocycles. The SMILES string of the molecule is C[C@@H](F)c1ccc(C(=O)Nc2c(Cl)cncc2Cl)cc1OC1CCCC1. The van der Waals surface area contributed by atoms with Gasteiger partial charge in [-0.2, -0.15) is 0 Å². The number of carbonyl (C=O) groups is 1. The zero-order valence-electron chi connectivity index (χ0n) is 14.3. The average molecular weight is 397 g/mol. The monoisotopic (exact) mass is 396 g/mol. The van der Waals surface area contributed by atoms with Gasteiger partial charge in [0.05, 0.1) is 21.8 Å². The zero-order chi connectivity index (χ0) is 18.7. The number of nitrogens with one attached hydrogen (secondary N) is 1. The molecular weight excluding hydrogens is 378 g/mol. The second-order valence-electron chi connectivity index (χ2n) is 6.33. The van der Waals surface area contributed by atoms with Gasteiger partial charge < -0.3 is 10.1 Å². The molecule has 1 saturated carbocycles.